The largest absolute Gasteiger partial charge is 0.314 e. The van der Waals surface area contributed by atoms with Crippen LogP contribution < -0.4 is 5.32 Å². The molecule has 1 aliphatic carbocycles. The maximum absolute atomic E-state index is 13.1. The molecule has 3 heteroatoms. The number of halogens is 1. The van der Waals surface area contributed by atoms with Gasteiger partial charge in [-0.1, -0.05) is 6.07 Å². The molecule has 3 rings (SSSR count). The minimum absolute atomic E-state index is 0.0911. The van der Waals surface area contributed by atoms with Gasteiger partial charge in [-0.25, -0.2) is 4.39 Å². The quantitative estimate of drug-likeness (QED) is 0.839. The molecule has 1 aliphatic heterocycles. The van der Waals surface area contributed by atoms with Gasteiger partial charge in [0.15, 0.2) is 0 Å². The number of benzene rings is 1. The first-order chi connectivity index (χ1) is 8.33. The Hall–Kier alpha value is -0.930. The molecule has 1 aromatic carbocycles. The fourth-order valence-electron chi connectivity index (χ4n) is 3.07. The van der Waals surface area contributed by atoms with Crippen LogP contribution in [-0.4, -0.2) is 37.6 Å². The van der Waals surface area contributed by atoms with E-state index in [9.17, 15) is 4.39 Å². The van der Waals surface area contributed by atoms with E-state index in [1.54, 1.807) is 12.1 Å². The van der Waals surface area contributed by atoms with Crippen LogP contribution in [0.15, 0.2) is 18.2 Å². The molecule has 0 bridgehead atoms. The van der Waals surface area contributed by atoms with Crippen LogP contribution in [0.5, 0.6) is 0 Å². The molecule has 0 radical (unpaired) electrons. The van der Waals surface area contributed by atoms with Crippen molar-refractivity contribution in [3.05, 3.63) is 35.1 Å². The van der Waals surface area contributed by atoms with Crippen molar-refractivity contribution in [3.8, 4) is 0 Å². The predicted molar refractivity (Wildman–Crippen MR) is 66.8 cm³/mol. The molecule has 1 N–H and O–H groups in total. The summed E-state index contributed by atoms with van der Waals surface area (Å²) in [5.74, 6) is 0.523. The van der Waals surface area contributed by atoms with Gasteiger partial charge in [0.2, 0.25) is 0 Å². The van der Waals surface area contributed by atoms with Gasteiger partial charge in [-0.3, -0.25) is 0 Å². The van der Waals surface area contributed by atoms with E-state index in [2.05, 4.69) is 10.2 Å². The van der Waals surface area contributed by atoms with Crippen LogP contribution in [0.4, 0.5) is 4.39 Å². The van der Waals surface area contributed by atoms with Crippen molar-refractivity contribution in [1.82, 2.24) is 10.2 Å². The Morgan fingerprint density at radius 2 is 2.12 bits per heavy atom. The molecule has 0 aromatic heterocycles. The topological polar surface area (TPSA) is 15.3 Å². The predicted octanol–water partition coefficient (Wildman–Crippen LogP) is 1.76. The fraction of sp³-hybridized carbons (Fsp3) is 0.571. The summed E-state index contributed by atoms with van der Waals surface area (Å²) in [4.78, 5) is 2.53. The van der Waals surface area contributed by atoms with Crippen molar-refractivity contribution in [3.63, 3.8) is 0 Å². The molecule has 17 heavy (non-hydrogen) atoms. The zero-order valence-corrected chi connectivity index (χ0v) is 10.1. The van der Waals surface area contributed by atoms with E-state index in [4.69, 9.17) is 0 Å². The first-order valence-electron chi connectivity index (χ1n) is 6.54. The van der Waals surface area contributed by atoms with E-state index in [0.717, 1.165) is 39.1 Å². The van der Waals surface area contributed by atoms with Crippen LogP contribution in [-0.2, 0) is 6.42 Å². The van der Waals surface area contributed by atoms with Crippen molar-refractivity contribution in [2.24, 2.45) is 0 Å². The third-order valence-electron chi connectivity index (χ3n) is 4.00. The Labute approximate surface area is 102 Å². The number of fused-ring (bicyclic) bond motifs is 1. The zero-order valence-electron chi connectivity index (χ0n) is 10.1. The average Bonchev–Trinajstić information content (AvgIpc) is 2.73. The number of piperazine rings is 1. The minimum atomic E-state index is -0.0911. The van der Waals surface area contributed by atoms with Crippen LogP contribution in [0.3, 0.4) is 0 Å². The second-order valence-corrected chi connectivity index (χ2v) is 5.13. The number of nitrogens with zero attached hydrogens (tertiary/aromatic N) is 1. The van der Waals surface area contributed by atoms with Crippen molar-refractivity contribution in [2.45, 2.75) is 18.8 Å². The molecule has 0 saturated carbocycles. The molecule has 0 amide bonds. The maximum Gasteiger partial charge on any atom is 0.123 e. The molecule has 1 atom stereocenters. The van der Waals surface area contributed by atoms with Gasteiger partial charge in [0.25, 0.3) is 0 Å². The van der Waals surface area contributed by atoms with Crippen LogP contribution >= 0.6 is 0 Å². The van der Waals surface area contributed by atoms with Gasteiger partial charge in [-0.05, 0) is 42.0 Å². The Morgan fingerprint density at radius 1 is 1.29 bits per heavy atom. The van der Waals surface area contributed by atoms with E-state index >= 15 is 0 Å². The van der Waals surface area contributed by atoms with Gasteiger partial charge >= 0.3 is 0 Å². The first kappa shape index (κ1) is 11.2. The Morgan fingerprint density at radius 3 is 2.94 bits per heavy atom. The highest BCUT2D eigenvalue weighted by molar-refractivity contribution is 5.35. The fourth-order valence-corrected chi connectivity index (χ4v) is 3.07. The highest BCUT2D eigenvalue weighted by atomic mass is 19.1. The third-order valence-corrected chi connectivity index (χ3v) is 4.00. The lowest BCUT2D eigenvalue weighted by molar-refractivity contribution is 0.226. The van der Waals surface area contributed by atoms with Gasteiger partial charge in [0, 0.05) is 32.7 Å². The average molecular weight is 234 g/mol. The van der Waals surface area contributed by atoms with E-state index in [0.29, 0.717) is 5.92 Å². The first-order valence-corrected chi connectivity index (χ1v) is 6.54. The Balaban J connectivity index is 1.70. The summed E-state index contributed by atoms with van der Waals surface area (Å²) >= 11 is 0. The summed E-state index contributed by atoms with van der Waals surface area (Å²) in [6.45, 7) is 5.63. The lowest BCUT2D eigenvalue weighted by atomic mass is 10.0. The maximum atomic E-state index is 13.1. The summed E-state index contributed by atoms with van der Waals surface area (Å²) in [5.41, 5.74) is 2.61. The Kier molecular flexibility index (Phi) is 3.12. The van der Waals surface area contributed by atoms with Gasteiger partial charge in [0.05, 0.1) is 0 Å². The minimum Gasteiger partial charge on any atom is -0.314 e. The van der Waals surface area contributed by atoms with E-state index in [1.165, 1.54) is 17.5 Å². The molecule has 92 valence electrons. The van der Waals surface area contributed by atoms with Gasteiger partial charge in [-0.15, -0.1) is 0 Å². The number of nitrogens with one attached hydrogen (secondary N) is 1. The van der Waals surface area contributed by atoms with Crippen molar-refractivity contribution in [2.75, 3.05) is 32.7 Å². The lowest BCUT2D eigenvalue weighted by Gasteiger charge is -2.29. The molecule has 0 spiro atoms. The van der Waals surface area contributed by atoms with E-state index in [1.807, 2.05) is 6.07 Å². The monoisotopic (exact) mass is 234 g/mol. The van der Waals surface area contributed by atoms with Gasteiger partial charge < -0.3 is 10.2 Å². The molecular formula is C14H19FN2. The molecule has 1 aromatic rings. The second-order valence-electron chi connectivity index (χ2n) is 5.13. The highest BCUT2D eigenvalue weighted by Gasteiger charge is 2.25. The molecule has 1 heterocycles. The SMILES string of the molecule is Fc1ccc2c(c1)CCC2CN1CCNCC1. The van der Waals surface area contributed by atoms with Crippen LogP contribution in [0, 0.1) is 5.82 Å². The molecule has 1 unspecified atom stereocenters. The number of rotatable bonds is 2. The lowest BCUT2D eigenvalue weighted by Crippen LogP contribution is -2.44. The molecule has 2 aliphatic rings. The smallest absolute Gasteiger partial charge is 0.123 e. The third kappa shape index (κ3) is 2.35. The van der Waals surface area contributed by atoms with Crippen LogP contribution in [0.1, 0.15) is 23.5 Å². The summed E-state index contributed by atoms with van der Waals surface area (Å²) in [6, 6.07) is 5.31. The van der Waals surface area contributed by atoms with Crippen molar-refractivity contribution in [1.29, 1.82) is 0 Å². The number of aryl methyl sites for hydroxylation is 1. The molecule has 1 fully saturated rings. The number of hydrogen-bond donors (Lipinski definition) is 1. The molecule has 1 saturated heterocycles. The van der Waals surface area contributed by atoms with Crippen LogP contribution in [0.25, 0.3) is 0 Å². The van der Waals surface area contributed by atoms with E-state index in [-0.39, 0.29) is 5.82 Å². The highest BCUT2D eigenvalue weighted by Crippen LogP contribution is 2.34. The van der Waals surface area contributed by atoms with Gasteiger partial charge in [-0.2, -0.15) is 0 Å². The summed E-state index contributed by atoms with van der Waals surface area (Å²) in [7, 11) is 0. The second kappa shape index (κ2) is 4.75. The summed E-state index contributed by atoms with van der Waals surface area (Å²) < 4.78 is 13.1. The van der Waals surface area contributed by atoms with Crippen molar-refractivity contribution < 1.29 is 4.39 Å². The molecular weight excluding hydrogens is 215 g/mol. The summed E-state index contributed by atoms with van der Waals surface area (Å²) in [6.07, 6.45) is 2.23. The summed E-state index contributed by atoms with van der Waals surface area (Å²) in [5, 5.41) is 3.37. The Bertz CT molecular complexity index is 399. The van der Waals surface area contributed by atoms with E-state index < -0.39 is 0 Å². The van der Waals surface area contributed by atoms with Gasteiger partial charge in [0.1, 0.15) is 5.82 Å². The zero-order chi connectivity index (χ0) is 11.7. The van der Waals surface area contributed by atoms with Crippen molar-refractivity contribution >= 4 is 0 Å². The number of hydrogen-bond acceptors (Lipinski definition) is 2. The van der Waals surface area contributed by atoms with Crippen LogP contribution in [0.2, 0.25) is 0 Å². The molecule has 2 nitrogen and oxygen atoms in total. The standard InChI is InChI=1S/C14H19FN2/c15-13-3-4-14-11(9-13)1-2-12(14)10-17-7-5-16-6-8-17/h3-4,9,12,16H,1-2,5-8,10H2. The normalized spacial score (nSPS) is 24.9.